The Morgan fingerprint density at radius 3 is 2.77 bits per heavy atom. The maximum absolute atomic E-state index is 12.9. The summed E-state index contributed by atoms with van der Waals surface area (Å²) < 4.78 is 11.1. The molecule has 0 aromatic heterocycles. The first-order valence-corrected chi connectivity index (χ1v) is 8.71. The summed E-state index contributed by atoms with van der Waals surface area (Å²) in [5.74, 6) is -0.728. The number of benzene rings is 1. The van der Waals surface area contributed by atoms with E-state index in [0.717, 1.165) is 5.56 Å². The second-order valence-electron chi connectivity index (χ2n) is 7.12. The van der Waals surface area contributed by atoms with Gasteiger partial charge in [-0.3, -0.25) is 19.3 Å². The number of rotatable bonds is 8. The first-order chi connectivity index (χ1) is 12.3. The Bertz CT molecular complexity index is 654. The minimum Gasteiger partial charge on any atom is -0.464 e. The highest BCUT2D eigenvalue weighted by Crippen LogP contribution is 2.30. The van der Waals surface area contributed by atoms with Gasteiger partial charge in [-0.05, 0) is 38.8 Å². The molecule has 0 saturated heterocycles. The van der Waals surface area contributed by atoms with Crippen LogP contribution in [0, 0.1) is 0 Å². The van der Waals surface area contributed by atoms with Crippen LogP contribution in [-0.4, -0.2) is 49.7 Å². The summed E-state index contributed by atoms with van der Waals surface area (Å²) >= 11 is 0. The monoisotopic (exact) mass is 362 g/mol. The molecule has 1 aromatic carbocycles. The highest BCUT2D eigenvalue weighted by Gasteiger charge is 2.36. The van der Waals surface area contributed by atoms with Crippen molar-refractivity contribution in [3.8, 4) is 0 Å². The summed E-state index contributed by atoms with van der Waals surface area (Å²) in [5, 5.41) is 2.50. The van der Waals surface area contributed by atoms with Gasteiger partial charge in [0, 0.05) is 18.7 Å². The van der Waals surface area contributed by atoms with Crippen molar-refractivity contribution in [2.24, 2.45) is 0 Å². The van der Waals surface area contributed by atoms with Gasteiger partial charge >= 0.3 is 5.97 Å². The van der Waals surface area contributed by atoms with Crippen molar-refractivity contribution in [2.45, 2.75) is 45.3 Å². The summed E-state index contributed by atoms with van der Waals surface area (Å²) in [6.45, 7) is 6.14. The van der Waals surface area contributed by atoms with Crippen molar-refractivity contribution < 1.29 is 23.9 Å². The normalized spacial score (nSPS) is 16.8. The standard InChI is InChI=1S/C19H26N2O5/c1-19(2,3)26-16-11-14-7-4-5-8-15(14)21(18(16)24)12-17(23)25-10-6-9-20-13-22/h4-5,7-8,13,16H,6,9-12H2,1-3H3,(H,20,22)/t16-/m0/s1. The summed E-state index contributed by atoms with van der Waals surface area (Å²) in [7, 11) is 0. The van der Waals surface area contributed by atoms with E-state index in [1.54, 1.807) is 0 Å². The molecule has 0 bridgehead atoms. The number of carbonyl (C=O) groups excluding carboxylic acids is 3. The van der Waals surface area contributed by atoms with E-state index in [-0.39, 0.29) is 19.1 Å². The van der Waals surface area contributed by atoms with Gasteiger partial charge in [0.1, 0.15) is 12.6 Å². The van der Waals surface area contributed by atoms with Crippen LogP contribution in [0.15, 0.2) is 24.3 Å². The number of hydrogen-bond donors (Lipinski definition) is 1. The molecule has 1 aliphatic heterocycles. The lowest BCUT2D eigenvalue weighted by Crippen LogP contribution is -2.50. The molecule has 1 atom stereocenters. The van der Waals surface area contributed by atoms with Crippen molar-refractivity contribution in [2.75, 3.05) is 24.6 Å². The Kier molecular flexibility index (Phi) is 6.74. The van der Waals surface area contributed by atoms with Gasteiger partial charge in [-0.2, -0.15) is 0 Å². The Morgan fingerprint density at radius 1 is 1.35 bits per heavy atom. The van der Waals surface area contributed by atoms with E-state index < -0.39 is 17.7 Å². The maximum atomic E-state index is 12.9. The molecule has 0 saturated carbocycles. The molecule has 0 unspecified atom stereocenters. The van der Waals surface area contributed by atoms with Crippen LogP contribution in [0.2, 0.25) is 0 Å². The van der Waals surface area contributed by atoms with Crippen LogP contribution in [0.4, 0.5) is 5.69 Å². The number of nitrogens with one attached hydrogen (secondary N) is 1. The number of anilines is 1. The molecule has 7 heteroatoms. The van der Waals surface area contributed by atoms with Gasteiger partial charge in [-0.1, -0.05) is 18.2 Å². The zero-order valence-corrected chi connectivity index (χ0v) is 15.5. The molecule has 1 aliphatic rings. The molecule has 1 aromatic rings. The average Bonchev–Trinajstić information content (AvgIpc) is 2.57. The van der Waals surface area contributed by atoms with E-state index in [1.165, 1.54) is 4.90 Å². The van der Waals surface area contributed by atoms with Crippen LogP contribution in [-0.2, 0) is 30.3 Å². The van der Waals surface area contributed by atoms with Gasteiger partial charge in [-0.15, -0.1) is 0 Å². The number of nitrogens with zero attached hydrogens (tertiary/aromatic N) is 1. The number of ether oxygens (including phenoxy) is 2. The van der Waals surface area contributed by atoms with Crippen molar-refractivity contribution in [3.05, 3.63) is 29.8 Å². The first kappa shape index (κ1) is 19.9. The molecule has 0 fully saturated rings. The van der Waals surface area contributed by atoms with Gasteiger partial charge in [0.05, 0.1) is 12.2 Å². The van der Waals surface area contributed by atoms with E-state index in [2.05, 4.69) is 5.32 Å². The van der Waals surface area contributed by atoms with Crippen molar-refractivity contribution in [1.82, 2.24) is 5.32 Å². The maximum Gasteiger partial charge on any atom is 0.326 e. The predicted molar refractivity (Wildman–Crippen MR) is 96.8 cm³/mol. The number of carbonyl (C=O) groups is 3. The second-order valence-corrected chi connectivity index (χ2v) is 7.12. The molecular weight excluding hydrogens is 336 g/mol. The fraction of sp³-hybridized carbons (Fsp3) is 0.526. The summed E-state index contributed by atoms with van der Waals surface area (Å²) in [6, 6.07) is 7.49. The van der Waals surface area contributed by atoms with Gasteiger partial charge in [0.25, 0.3) is 5.91 Å². The van der Waals surface area contributed by atoms with E-state index in [4.69, 9.17) is 9.47 Å². The molecule has 7 nitrogen and oxygen atoms in total. The van der Waals surface area contributed by atoms with Crippen LogP contribution in [0.25, 0.3) is 0 Å². The van der Waals surface area contributed by atoms with Crippen LogP contribution in [0.1, 0.15) is 32.8 Å². The number of fused-ring (bicyclic) bond motifs is 1. The zero-order valence-electron chi connectivity index (χ0n) is 15.5. The molecule has 1 N–H and O–H groups in total. The van der Waals surface area contributed by atoms with Crippen molar-refractivity contribution >= 4 is 24.0 Å². The lowest BCUT2D eigenvalue weighted by atomic mass is 9.98. The predicted octanol–water partition coefficient (Wildman–Crippen LogP) is 1.44. The number of amides is 2. The smallest absolute Gasteiger partial charge is 0.326 e. The summed E-state index contributed by atoms with van der Waals surface area (Å²) in [6.07, 6.45) is 0.968. The Balaban J connectivity index is 2.05. The Labute approximate surface area is 153 Å². The zero-order chi connectivity index (χ0) is 19.2. The average molecular weight is 362 g/mol. The minimum atomic E-state index is -0.630. The Morgan fingerprint density at radius 2 is 2.08 bits per heavy atom. The molecule has 0 spiro atoms. The van der Waals surface area contributed by atoms with E-state index >= 15 is 0 Å². The molecule has 0 radical (unpaired) electrons. The van der Waals surface area contributed by atoms with Crippen LogP contribution in [0.3, 0.4) is 0 Å². The largest absolute Gasteiger partial charge is 0.464 e. The third-order valence-corrected chi connectivity index (χ3v) is 3.82. The highest BCUT2D eigenvalue weighted by atomic mass is 16.5. The molecular formula is C19H26N2O5. The summed E-state index contributed by atoms with van der Waals surface area (Å²) in [4.78, 5) is 36.6. The lowest BCUT2D eigenvalue weighted by Gasteiger charge is -2.36. The molecule has 0 aliphatic carbocycles. The molecule has 26 heavy (non-hydrogen) atoms. The SMILES string of the molecule is CC(C)(C)O[C@H]1Cc2ccccc2N(CC(=O)OCCCNC=O)C1=O. The summed E-state index contributed by atoms with van der Waals surface area (Å²) in [5.41, 5.74) is 1.21. The van der Waals surface area contributed by atoms with Gasteiger partial charge in [0.15, 0.2) is 0 Å². The number of esters is 1. The van der Waals surface area contributed by atoms with Gasteiger partial charge in [0.2, 0.25) is 6.41 Å². The van der Waals surface area contributed by atoms with E-state index in [9.17, 15) is 14.4 Å². The van der Waals surface area contributed by atoms with Crippen molar-refractivity contribution in [3.63, 3.8) is 0 Å². The van der Waals surface area contributed by atoms with Gasteiger partial charge in [-0.25, -0.2) is 0 Å². The quantitative estimate of drug-likeness (QED) is 0.430. The Hall–Kier alpha value is -2.41. The number of para-hydroxylation sites is 1. The lowest BCUT2D eigenvalue weighted by molar-refractivity contribution is -0.146. The van der Waals surface area contributed by atoms with Gasteiger partial charge < -0.3 is 14.8 Å². The fourth-order valence-electron chi connectivity index (χ4n) is 2.80. The van der Waals surface area contributed by atoms with Crippen LogP contribution >= 0.6 is 0 Å². The molecule has 2 amide bonds. The van der Waals surface area contributed by atoms with Crippen LogP contribution in [0.5, 0.6) is 0 Å². The van der Waals surface area contributed by atoms with Crippen molar-refractivity contribution in [1.29, 1.82) is 0 Å². The van der Waals surface area contributed by atoms with E-state index in [1.807, 2.05) is 45.0 Å². The molecule has 2 rings (SSSR count). The third-order valence-electron chi connectivity index (χ3n) is 3.82. The topological polar surface area (TPSA) is 84.9 Å². The molecule has 1 heterocycles. The fourth-order valence-corrected chi connectivity index (χ4v) is 2.80. The van der Waals surface area contributed by atoms with E-state index in [0.29, 0.717) is 31.5 Å². The highest BCUT2D eigenvalue weighted by molar-refractivity contribution is 6.02. The number of hydrogen-bond acceptors (Lipinski definition) is 5. The first-order valence-electron chi connectivity index (χ1n) is 8.71. The minimum absolute atomic E-state index is 0.166. The second kappa shape index (κ2) is 8.80. The molecule has 142 valence electrons. The third kappa shape index (κ3) is 5.56. The van der Waals surface area contributed by atoms with Crippen LogP contribution < -0.4 is 10.2 Å².